The van der Waals surface area contributed by atoms with Gasteiger partial charge in [0.05, 0.1) is 18.8 Å². The van der Waals surface area contributed by atoms with Gasteiger partial charge in [0.15, 0.2) is 0 Å². The van der Waals surface area contributed by atoms with Crippen molar-refractivity contribution in [2.45, 2.75) is 26.7 Å². The molecule has 0 aromatic heterocycles. The van der Waals surface area contributed by atoms with E-state index in [1.807, 2.05) is 49.4 Å². The van der Waals surface area contributed by atoms with Crippen LogP contribution in [0.1, 0.15) is 32.3 Å². The maximum absolute atomic E-state index is 12.1. The number of rotatable bonds is 7. The van der Waals surface area contributed by atoms with Crippen LogP contribution in [0.4, 0.5) is 11.4 Å². The van der Waals surface area contributed by atoms with Gasteiger partial charge in [-0.1, -0.05) is 38.1 Å². The van der Waals surface area contributed by atoms with Gasteiger partial charge in [0.1, 0.15) is 5.75 Å². The molecule has 4 nitrogen and oxygen atoms in total. The molecule has 0 heterocycles. The summed E-state index contributed by atoms with van der Waals surface area (Å²) >= 11 is 0. The summed E-state index contributed by atoms with van der Waals surface area (Å²) in [5.41, 5.74) is 2.85. The van der Waals surface area contributed by atoms with E-state index in [-0.39, 0.29) is 12.5 Å². The van der Waals surface area contributed by atoms with Crippen LogP contribution in [0.2, 0.25) is 0 Å². The molecule has 2 aromatic carbocycles. The van der Waals surface area contributed by atoms with Crippen LogP contribution in [-0.2, 0) is 4.79 Å². The molecule has 0 spiro atoms. The van der Waals surface area contributed by atoms with Crippen LogP contribution in [0.3, 0.4) is 0 Å². The van der Waals surface area contributed by atoms with Crippen molar-refractivity contribution >= 4 is 17.3 Å². The number of hydrogen-bond acceptors (Lipinski definition) is 3. The second kappa shape index (κ2) is 8.22. The lowest BCUT2D eigenvalue weighted by Gasteiger charge is -2.13. The molecule has 0 bridgehead atoms. The number of benzene rings is 2. The maximum Gasteiger partial charge on any atom is 0.243 e. The van der Waals surface area contributed by atoms with Crippen molar-refractivity contribution in [1.82, 2.24) is 0 Å². The third kappa shape index (κ3) is 5.02. The van der Waals surface area contributed by atoms with Gasteiger partial charge < -0.3 is 15.4 Å². The van der Waals surface area contributed by atoms with Crippen molar-refractivity contribution in [2.24, 2.45) is 0 Å². The number of carbonyl (C=O) groups is 1. The van der Waals surface area contributed by atoms with E-state index in [1.54, 1.807) is 0 Å². The summed E-state index contributed by atoms with van der Waals surface area (Å²) in [5.74, 6) is 1.10. The van der Waals surface area contributed by atoms with Crippen LogP contribution in [-0.4, -0.2) is 19.1 Å². The summed E-state index contributed by atoms with van der Waals surface area (Å²) < 4.78 is 5.54. The monoisotopic (exact) mass is 312 g/mol. The summed E-state index contributed by atoms with van der Waals surface area (Å²) in [6.45, 7) is 6.98. The fourth-order valence-electron chi connectivity index (χ4n) is 2.25. The van der Waals surface area contributed by atoms with E-state index in [1.165, 1.54) is 5.56 Å². The van der Waals surface area contributed by atoms with Gasteiger partial charge in [-0.05, 0) is 42.7 Å². The topological polar surface area (TPSA) is 50.4 Å². The first-order valence-corrected chi connectivity index (χ1v) is 7.95. The molecule has 0 aliphatic carbocycles. The van der Waals surface area contributed by atoms with E-state index in [0.717, 1.165) is 17.1 Å². The first kappa shape index (κ1) is 16.9. The average Bonchev–Trinajstić information content (AvgIpc) is 2.54. The van der Waals surface area contributed by atoms with Gasteiger partial charge in [-0.15, -0.1) is 0 Å². The standard InChI is InChI=1S/C19H24N2O2/c1-4-23-18-11-6-5-10-17(18)20-13-19(22)21-16-9-7-8-15(12-16)14(2)3/h5-12,14,20H,4,13H2,1-3H3,(H,21,22). The van der Waals surface area contributed by atoms with Crippen molar-refractivity contribution < 1.29 is 9.53 Å². The van der Waals surface area contributed by atoms with E-state index in [0.29, 0.717) is 12.5 Å². The highest BCUT2D eigenvalue weighted by Gasteiger charge is 2.07. The van der Waals surface area contributed by atoms with E-state index in [2.05, 4.69) is 30.5 Å². The minimum Gasteiger partial charge on any atom is -0.492 e. The predicted octanol–water partition coefficient (Wildman–Crippen LogP) is 4.26. The number of nitrogens with one attached hydrogen (secondary N) is 2. The minimum atomic E-state index is -0.0859. The van der Waals surface area contributed by atoms with Crippen molar-refractivity contribution in [3.8, 4) is 5.75 Å². The molecule has 0 fully saturated rings. The molecule has 2 aromatic rings. The summed E-state index contributed by atoms with van der Waals surface area (Å²) in [7, 11) is 0. The maximum atomic E-state index is 12.1. The normalized spacial score (nSPS) is 10.4. The van der Waals surface area contributed by atoms with Crippen molar-refractivity contribution in [2.75, 3.05) is 23.8 Å². The largest absolute Gasteiger partial charge is 0.492 e. The van der Waals surface area contributed by atoms with Crippen LogP contribution in [0.5, 0.6) is 5.75 Å². The zero-order chi connectivity index (χ0) is 16.7. The predicted molar refractivity (Wildman–Crippen MR) is 95.3 cm³/mol. The first-order chi connectivity index (χ1) is 11.1. The quantitative estimate of drug-likeness (QED) is 0.803. The molecule has 23 heavy (non-hydrogen) atoms. The molecule has 1 amide bonds. The van der Waals surface area contributed by atoms with Crippen LogP contribution in [0.15, 0.2) is 48.5 Å². The molecule has 0 aliphatic heterocycles. The molecular formula is C19H24N2O2. The van der Waals surface area contributed by atoms with Gasteiger partial charge in [-0.25, -0.2) is 0 Å². The zero-order valence-corrected chi connectivity index (χ0v) is 13.9. The molecule has 0 unspecified atom stereocenters. The van der Waals surface area contributed by atoms with Gasteiger partial charge in [-0.2, -0.15) is 0 Å². The van der Waals surface area contributed by atoms with E-state index < -0.39 is 0 Å². The number of ether oxygens (including phenoxy) is 1. The fourth-order valence-corrected chi connectivity index (χ4v) is 2.25. The lowest BCUT2D eigenvalue weighted by Crippen LogP contribution is -2.22. The van der Waals surface area contributed by atoms with E-state index in [9.17, 15) is 4.79 Å². The number of amides is 1. The Morgan fingerprint density at radius 2 is 1.91 bits per heavy atom. The van der Waals surface area contributed by atoms with Crippen molar-refractivity contribution in [3.63, 3.8) is 0 Å². The Balaban J connectivity index is 1.94. The number of para-hydroxylation sites is 2. The molecule has 0 saturated carbocycles. The van der Waals surface area contributed by atoms with E-state index >= 15 is 0 Å². The summed E-state index contributed by atoms with van der Waals surface area (Å²) in [4.78, 5) is 12.1. The Labute approximate surface area is 137 Å². The first-order valence-electron chi connectivity index (χ1n) is 7.95. The third-order valence-corrected chi connectivity index (χ3v) is 3.46. The minimum absolute atomic E-state index is 0.0859. The van der Waals surface area contributed by atoms with Gasteiger partial charge >= 0.3 is 0 Å². The Hall–Kier alpha value is -2.49. The molecule has 0 aliphatic rings. The number of carbonyl (C=O) groups excluding carboxylic acids is 1. The molecule has 4 heteroatoms. The fraction of sp³-hybridized carbons (Fsp3) is 0.316. The van der Waals surface area contributed by atoms with Gasteiger partial charge in [-0.3, -0.25) is 4.79 Å². The summed E-state index contributed by atoms with van der Waals surface area (Å²) in [6, 6.07) is 15.5. The van der Waals surface area contributed by atoms with Gasteiger partial charge in [0.25, 0.3) is 0 Å². The average molecular weight is 312 g/mol. The molecule has 2 rings (SSSR count). The zero-order valence-electron chi connectivity index (χ0n) is 13.9. The summed E-state index contributed by atoms with van der Waals surface area (Å²) in [5, 5.41) is 6.04. The molecular weight excluding hydrogens is 288 g/mol. The lowest BCUT2D eigenvalue weighted by molar-refractivity contribution is -0.114. The van der Waals surface area contributed by atoms with Crippen LogP contribution in [0, 0.1) is 0 Å². The van der Waals surface area contributed by atoms with Gasteiger partial charge in [0, 0.05) is 5.69 Å². The third-order valence-electron chi connectivity index (χ3n) is 3.46. The molecule has 122 valence electrons. The highest BCUT2D eigenvalue weighted by molar-refractivity contribution is 5.94. The summed E-state index contributed by atoms with van der Waals surface area (Å²) in [6.07, 6.45) is 0. The van der Waals surface area contributed by atoms with Crippen LogP contribution in [0.25, 0.3) is 0 Å². The van der Waals surface area contributed by atoms with E-state index in [4.69, 9.17) is 4.74 Å². The molecule has 0 radical (unpaired) electrons. The Morgan fingerprint density at radius 1 is 1.13 bits per heavy atom. The SMILES string of the molecule is CCOc1ccccc1NCC(=O)Nc1cccc(C(C)C)c1. The van der Waals surface area contributed by atoms with Gasteiger partial charge in [0.2, 0.25) is 5.91 Å². The van der Waals surface area contributed by atoms with Crippen LogP contribution >= 0.6 is 0 Å². The second-order valence-corrected chi connectivity index (χ2v) is 5.61. The highest BCUT2D eigenvalue weighted by Crippen LogP contribution is 2.23. The Morgan fingerprint density at radius 3 is 2.65 bits per heavy atom. The van der Waals surface area contributed by atoms with Crippen LogP contribution < -0.4 is 15.4 Å². The highest BCUT2D eigenvalue weighted by atomic mass is 16.5. The molecule has 0 saturated heterocycles. The van der Waals surface area contributed by atoms with Crippen molar-refractivity contribution in [3.05, 3.63) is 54.1 Å². The van der Waals surface area contributed by atoms with Crippen molar-refractivity contribution in [1.29, 1.82) is 0 Å². The molecule has 0 atom stereocenters. The Bertz CT molecular complexity index is 653. The smallest absolute Gasteiger partial charge is 0.243 e. The lowest BCUT2D eigenvalue weighted by atomic mass is 10.0. The molecule has 2 N–H and O–H groups in total. The number of hydrogen-bond donors (Lipinski definition) is 2. The number of anilines is 2. The second-order valence-electron chi connectivity index (χ2n) is 5.61. The Kier molecular flexibility index (Phi) is 6.03.